The van der Waals surface area contributed by atoms with Crippen LogP contribution in [0.3, 0.4) is 0 Å². The summed E-state index contributed by atoms with van der Waals surface area (Å²) in [5.74, 6) is 0. The molecule has 2 heterocycles. The van der Waals surface area contributed by atoms with Gasteiger partial charge in [-0.3, -0.25) is 0 Å². The summed E-state index contributed by atoms with van der Waals surface area (Å²) in [6.45, 7) is 0. The quantitative estimate of drug-likeness (QED) is 0.437. The lowest BCUT2D eigenvalue weighted by Crippen LogP contribution is -1.80. The van der Waals surface area contributed by atoms with Crippen molar-refractivity contribution in [2.75, 3.05) is 0 Å². The molecule has 20 heavy (non-hydrogen) atoms. The van der Waals surface area contributed by atoms with Crippen LogP contribution in [0.15, 0.2) is 59.2 Å². The molecule has 2 nitrogen and oxygen atoms in total. The molecule has 0 aliphatic heterocycles. The van der Waals surface area contributed by atoms with Crippen LogP contribution in [-0.2, 0) is 0 Å². The third kappa shape index (κ3) is 1.77. The van der Waals surface area contributed by atoms with Crippen LogP contribution in [-0.4, -0.2) is 4.98 Å². The van der Waals surface area contributed by atoms with E-state index < -0.39 is 0 Å². The zero-order chi connectivity index (χ0) is 13.5. The van der Waals surface area contributed by atoms with E-state index in [2.05, 4.69) is 11.1 Å². The molecule has 0 radical (unpaired) electrons. The number of benzene rings is 2. The van der Waals surface area contributed by atoms with Crippen molar-refractivity contribution in [2.24, 2.45) is 0 Å². The van der Waals surface area contributed by atoms with Crippen molar-refractivity contribution >= 4 is 44.7 Å². The molecule has 0 aliphatic rings. The molecule has 0 N–H and O–H groups in total. The maximum atomic E-state index is 5.67. The van der Waals surface area contributed by atoms with Crippen molar-refractivity contribution in [3.05, 3.63) is 59.3 Å². The predicted molar refractivity (Wildman–Crippen MR) is 85.7 cm³/mol. The Bertz CT molecular complexity index is 951. The standard InChI is InChI=1S/C16H9NOS2/c19-15-10-5-1-3-7-13(10)18-9-11(15)16-17-12-6-2-4-8-14(12)20-16/h1-9H. The zero-order valence-corrected chi connectivity index (χ0v) is 12.0. The summed E-state index contributed by atoms with van der Waals surface area (Å²) in [6, 6.07) is 15.9. The summed E-state index contributed by atoms with van der Waals surface area (Å²) >= 11 is 7.22. The summed E-state index contributed by atoms with van der Waals surface area (Å²) < 4.78 is 7.63. The van der Waals surface area contributed by atoms with Gasteiger partial charge in [-0.15, -0.1) is 11.3 Å². The molecule has 0 saturated carbocycles. The summed E-state index contributed by atoms with van der Waals surface area (Å²) in [5.41, 5.74) is 2.69. The van der Waals surface area contributed by atoms with E-state index in [1.807, 2.05) is 42.5 Å². The summed E-state index contributed by atoms with van der Waals surface area (Å²) in [4.78, 5) is 4.64. The number of hydrogen-bond donors (Lipinski definition) is 0. The first-order valence-corrected chi connectivity index (χ1v) is 7.42. The Kier molecular flexibility index (Phi) is 2.65. The van der Waals surface area contributed by atoms with Crippen LogP contribution >= 0.6 is 23.6 Å². The van der Waals surface area contributed by atoms with Gasteiger partial charge in [-0.25, -0.2) is 4.98 Å². The summed E-state index contributed by atoms with van der Waals surface area (Å²) in [6.07, 6.45) is 1.71. The monoisotopic (exact) mass is 295 g/mol. The number of nitrogens with zero attached hydrogens (tertiary/aromatic N) is 1. The molecule has 96 valence electrons. The summed E-state index contributed by atoms with van der Waals surface area (Å²) in [5, 5.41) is 1.87. The highest BCUT2D eigenvalue weighted by atomic mass is 32.1. The van der Waals surface area contributed by atoms with E-state index in [1.165, 1.54) is 0 Å². The van der Waals surface area contributed by atoms with E-state index in [4.69, 9.17) is 16.6 Å². The predicted octanol–water partition coefficient (Wildman–Crippen LogP) is 5.44. The van der Waals surface area contributed by atoms with Gasteiger partial charge in [0.2, 0.25) is 0 Å². The third-order valence-electron chi connectivity index (χ3n) is 3.20. The average Bonchev–Trinajstić information content (AvgIpc) is 2.91. The Balaban J connectivity index is 2.02. The minimum atomic E-state index is 0.797. The number of para-hydroxylation sites is 2. The lowest BCUT2D eigenvalue weighted by atomic mass is 10.2. The van der Waals surface area contributed by atoms with Gasteiger partial charge in [0.05, 0.1) is 20.3 Å². The van der Waals surface area contributed by atoms with Crippen molar-refractivity contribution in [1.29, 1.82) is 0 Å². The first-order valence-electron chi connectivity index (χ1n) is 6.19. The molecule has 2 aromatic heterocycles. The molecule has 0 spiro atoms. The van der Waals surface area contributed by atoms with Gasteiger partial charge in [0.1, 0.15) is 16.9 Å². The van der Waals surface area contributed by atoms with Gasteiger partial charge >= 0.3 is 0 Å². The highest BCUT2D eigenvalue weighted by Crippen LogP contribution is 2.32. The molecule has 0 saturated heterocycles. The number of rotatable bonds is 1. The van der Waals surface area contributed by atoms with Crippen LogP contribution in [0.2, 0.25) is 0 Å². The van der Waals surface area contributed by atoms with Crippen LogP contribution in [0.5, 0.6) is 0 Å². The normalized spacial score (nSPS) is 11.2. The third-order valence-corrected chi connectivity index (χ3v) is 4.71. The molecule has 0 atom stereocenters. The van der Waals surface area contributed by atoms with E-state index in [0.717, 1.165) is 36.3 Å². The molecule has 0 amide bonds. The maximum absolute atomic E-state index is 5.67. The zero-order valence-electron chi connectivity index (χ0n) is 10.4. The van der Waals surface area contributed by atoms with Crippen LogP contribution in [0.25, 0.3) is 31.8 Å². The van der Waals surface area contributed by atoms with Crippen LogP contribution < -0.4 is 0 Å². The fraction of sp³-hybridized carbons (Fsp3) is 0. The molecule has 2 aromatic carbocycles. The maximum Gasteiger partial charge on any atom is 0.135 e. The van der Waals surface area contributed by atoms with Gasteiger partial charge < -0.3 is 4.42 Å². The Hall–Kier alpha value is -2.04. The molecule has 4 heteroatoms. The second kappa shape index (κ2) is 4.51. The average molecular weight is 295 g/mol. The van der Waals surface area contributed by atoms with Crippen LogP contribution in [0.4, 0.5) is 0 Å². The smallest absolute Gasteiger partial charge is 0.135 e. The molecular formula is C16H9NOS2. The second-order valence-corrected chi connectivity index (χ2v) is 5.90. The largest absolute Gasteiger partial charge is 0.464 e. The van der Waals surface area contributed by atoms with Crippen molar-refractivity contribution in [2.45, 2.75) is 0 Å². The highest BCUT2D eigenvalue weighted by molar-refractivity contribution is 7.71. The van der Waals surface area contributed by atoms with Crippen molar-refractivity contribution in [3.63, 3.8) is 0 Å². The lowest BCUT2D eigenvalue weighted by molar-refractivity contribution is 0.605. The topological polar surface area (TPSA) is 26.0 Å². The Morgan fingerprint density at radius 1 is 1.00 bits per heavy atom. The Morgan fingerprint density at radius 3 is 2.70 bits per heavy atom. The fourth-order valence-electron chi connectivity index (χ4n) is 2.21. The van der Waals surface area contributed by atoms with Gasteiger partial charge in [0.25, 0.3) is 0 Å². The summed E-state index contributed by atoms with van der Waals surface area (Å²) in [7, 11) is 0. The van der Waals surface area contributed by atoms with Crippen LogP contribution in [0.1, 0.15) is 0 Å². The second-order valence-electron chi connectivity index (χ2n) is 4.46. The van der Waals surface area contributed by atoms with E-state index in [9.17, 15) is 0 Å². The van der Waals surface area contributed by atoms with E-state index in [-0.39, 0.29) is 0 Å². The van der Waals surface area contributed by atoms with E-state index in [0.29, 0.717) is 0 Å². The molecule has 0 aliphatic carbocycles. The first kappa shape index (κ1) is 11.8. The SMILES string of the molecule is S=c1c(-c2nc3ccccc3s2)coc2ccccc12. The van der Waals surface area contributed by atoms with Gasteiger partial charge in [-0.1, -0.05) is 36.5 Å². The number of fused-ring (bicyclic) bond motifs is 2. The molecule has 0 unspecified atom stereocenters. The fourth-order valence-corrected chi connectivity index (χ4v) is 3.57. The lowest BCUT2D eigenvalue weighted by Gasteiger charge is -2.00. The van der Waals surface area contributed by atoms with Crippen molar-refractivity contribution < 1.29 is 4.42 Å². The molecule has 4 aromatic rings. The van der Waals surface area contributed by atoms with Crippen LogP contribution in [0, 0.1) is 4.51 Å². The van der Waals surface area contributed by atoms with Crippen molar-refractivity contribution in [1.82, 2.24) is 4.98 Å². The van der Waals surface area contributed by atoms with Gasteiger partial charge in [-0.05, 0) is 24.3 Å². The minimum absolute atomic E-state index is 0.797. The number of hydrogen-bond acceptors (Lipinski definition) is 4. The molecule has 0 fully saturated rings. The van der Waals surface area contributed by atoms with Crippen molar-refractivity contribution in [3.8, 4) is 10.6 Å². The van der Waals surface area contributed by atoms with E-state index >= 15 is 0 Å². The van der Waals surface area contributed by atoms with Gasteiger partial charge in [0, 0.05) is 5.39 Å². The highest BCUT2D eigenvalue weighted by Gasteiger charge is 2.10. The minimum Gasteiger partial charge on any atom is -0.464 e. The molecular weight excluding hydrogens is 286 g/mol. The number of aromatic nitrogens is 1. The van der Waals surface area contributed by atoms with Gasteiger partial charge in [0.15, 0.2) is 0 Å². The Labute approximate surface area is 124 Å². The van der Waals surface area contributed by atoms with E-state index in [1.54, 1.807) is 17.6 Å². The van der Waals surface area contributed by atoms with Gasteiger partial charge in [-0.2, -0.15) is 0 Å². The number of thiazole rings is 1. The molecule has 0 bridgehead atoms. The first-order chi connectivity index (χ1) is 9.83. The Morgan fingerprint density at radius 2 is 1.80 bits per heavy atom. The molecule has 4 rings (SSSR count).